The largest absolute Gasteiger partial charge is 0.383 e. The van der Waals surface area contributed by atoms with E-state index in [0.29, 0.717) is 0 Å². The highest BCUT2D eigenvalue weighted by Gasteiger charge is 2.37. The van der Waals surface area contributed by atoms with Gasteiger partial charge in [-0.2, -0.15) is 10.1 Å². The molecule has 2 rings (SSSR count). The Kier molecular flexibility index (Phi) is 3.90. The Bertz CT molecular complexity index is 698. The SMILES string of the molecule is CC1=NN(c2c(F)c(F)c(F)c(F)c2F)C(=O)/C1=C/N(C)C. The van der Waals surface area contributed by atoms with Crippen molar-refractivity contribution in [3.05, 3.63) is 40.9 Å². The molecule has 22 heavy (non-hydrogen) atoms. The number of rotatable bonds is 2. The van der Waals surface area contributed by atoms with Crippen LogP contribution in [0, 0.1) is 29.1 Å². The molecule has 0 radical (unpaired) electrons. The van der Waals surface area contributed by atoms with Gasteiger partial charge in [0.15, 0.2) is 23.3 Å². The fourth-order valence-electron chi connectivity index (χ4n) is 1.86. The third-order valence-electron chi connectivity index (χ3n) is 2.85. The molecule has 118 valence electrons. The highest BCUT2D eigenvalue weighted by molar-refractivity contribution is 6.29. The second kappa shape index (κ2) is 5.39. The molecule has 0 atom stereocenters. The number of anilines is 1. The van der Waals surface area contributed by atoms with Gasteiger partial charge in [0.2, 0.25) is 5.82 Å². The Labute approximate surface area is 122 Å². The van der Waals surface area contributed by atoms with E-state index < -0.39 is 40.7 Å². The van der Waals surface area contributed by atoms with Crippen LogP contribution in [0.3, 0.4) is 0 Å². The molecule has 1 aliphatic rings. The highest BCUT2D eigenvalue weighted by Crippen LogP contribution is 2.33. The van der Waals surface area contributed by atoms with Gasteiger partial charge in [-0.3, -0.25) is 4.79 Å². The van der Waals surface area contributed by atoms with Crippen LogP contribution in [0.2, 0.25) is 0 Å². The van der Waals surface area contributed by atoms with Crippen LogP contribution < -0.4 is 5.01 Å². The van der Waals surface area contributed by atoms with E-state index in [9.17, 15) is 26.7 Å². The summed E-state index contributed by atoms with van der Waals surface area (Å²) in [5, 5.41) is 3.75. The maximum Gasteiger partial charge on any atom is 0.282 e. The Balaban J connectivity index is 2.63. The first-order valence-electron chi connectivity index (χ1n) is 5.96. The number of carbonyl (C=O) groups excluding carboxylic acids is 1. The molecule has 1 amide bonds. The van der Waals surface area contributed by atoms with E-state index >= 15 is 0 Å². The van der Waals surface area contributed by atoms with Gasteiger partial charge in [-0.15, -0.1) is 0 Å². The molecule has 9 heteroatoms. The number of nitrogens with zero attached hydrogens (tertiary/aromatic N) is 3. The van der Waals surface area contributed by atoms with Gasteiger partial charge < -0.3 is 4.90 Å². The van der Waals surface area contributed by atoms with Gasteiger partial charge in [0.05, 0.1) is 11.3 Å². The van der Waals surface area contributed by atoms with Crippen LogP contribution in [0.25, 0.3) is 0 Å². The van der Waals surface area contributed by atoms with Crippen LogP contribution in [-0.4, -0.2) is 30.6 Å². The molecule has 0 spiro atoms. The van der Waals surface area contributed by atoms with E-state index in [1.165, 1.54) is 18.0 Å². The topological polar surface area (TPSA) is 35.9 Å². The minimum Gasteiger partial charge on any atom is -0.383 e. The molecule has 0 saturated carbocycles. The molecule has 0 aromatic heterocycles. The summed E-state index contributed by atoms with van der Waals surface area (Å²) in [5.74, 6) is -11.8. The van der Waals surface area contributed by atoms with Crippen molar-refractivity contribution in [2.45, 2.75) is 6.92 Å². The average Bonchev–Trinajstić information content (AvgIpc) is 2.71. The van der Waals surface area contributed by atoms with Crippen molar-refractivity contribution in [3.8, 4) is 0 Å². The molecule has 4 nitrogen and oxygen atoms in total. The number of hydrazone groups is 1. The summed E-state index contributed by atoms with van der Waals surface area (Å²) in [6, 6.07) is 0. The lowest BCUT2D eigenvalue weighted by molar-refractivity contribution is -0.114. The van der Waals surface area contributed by atoms with Crippen molar-refractivity contribution in [3.63, 3.8) is 0 Å². The lowest BCUT2D eigenvalue weighted by Gasteiger charge is -2.15. The summed E-state index contributed by atoms with van der Waals surface area (Å²) in [5.41, 5.74) is -1.33. The lowest BCUT2D eigenvalue weighted by atomic mass is 10.2. The first-order chi connectivity index (χ1) is 10.2. The quantitative estimate of drug-likeness (QED) is 0.363. The summed E-state index contributed by atoms with van der Waals surface area (Å²) < 4.78 is 66.9. The molecule has 0 aliphatic carbocycles. The Hall–Kier alpha value is -2.45. The molecule has 1 aromatic carbocycles. The van der Waals surface area contributed by atoms with Crippen LogP contribution in [0.1, 0.15) is 6.92 Å². The first kappa shape index (κ1) is 15.9. The highest BCUT2D eigenvalue weighted by atomic mass is 19.2. The Morgan fingerprint density at radius 2 is 1.41 bits per heavy atom. The van der Waals surface area contributed by atoms with Gasteiger partial charge in [-0.05, 0) is 6.92 Å². The van der Waals surface area contributed by atoms with Crippen LogP contribution in [0.15, 0.2) is 16.9 Å². The smallest absolute Gasteiger partial charge is 0.282 e. The first-order valence-corrected chi connectivity index (χ1v) is 5.96. The lowest BCUT2D eigenvalue weighted by Crippen LogP contribution is -2.25. The summed E-state index contributed by atoms with van der Waals surface area (Å²) in [7, 11) is 3.18. The van der Waals surface area contributed by atoms with Crippen LogP contribution in [-0.2, 0) is 4.79 Å². The molecule has 0 unspecified atom stereocenters. The van der Waals surface area contributed by atoms with Gasteiger partial charge in [-0.1, -0.05) is 0 Å². The minimum absolute atomic E-state index is 0.0195. The van der Waals surface area contributed by atoms with Gasteiger partial charge in [0.25, 0.3) is 5.91 Å². The normalized spacial score (nSPS) is 16.5. The van der Waals surface area contributed by atoms with Gasteiger partial charge in [0, 0.05) is 20.3 Å². The predicted molar refractivity (Wildman–Crippen MR) is 68.6 cm³/mol. The zero-order chi connectivity index (χ0) is 16.8. The fraction of sp³-hybridized carbons (Fsp3) is 0.231. The van der Waals surface area contributed by atoms with E-state index in [0.717, 1.165) is 0 Å². The summed E-state index contributed by atoms with van der Waals surface area (Å²) in [6.07, 6.45) is 1.33. The number of hydrogen-bond donors (Lipinski definition) is 0. The molecular formula is C13H10F5N3O. The van der Waals surface area contributed by atoms with Crippen molar-refractivity contribution in [2.75, 3.05) is 19.1 Å². The maximum absolute atomic E-state index is 13.7. The minimum atomic E-state index is -2.30. The van der Waals surface area contributed by atoms with Crippen molar-refractivity contribution in [2.24, 2.45) is 5.10 Å². The molecule has 0 fully saturated rings. The van der Waals surface area contributed by atoms with E-state index in [1.54, 1.807) is 14.1 Å². The van der Waals surface area contributed by atoms with Crippen molar-refractivity contribution in [1.82, 2.24) is 4.90 Å². The number of benzene rings is 1. The monoisotopic (exact) mass is 319 g/mol. The average molecular weight is 319 g/mol. The van der Waals surface area contributed by atoms with E-state index in [2.05, 4.69) is 5.10 Å². The van der Waals surface area contributed by atoms with E-state index in [4.69, 9.17) is 0 Å². The van der Waals surface area contributed by atoms with Gasteiger partial charge in [0.1, 0.15) is 5.69 Å². The predicted octanol–water partition coefficient (Wildman–Crippen LogP) is 2.55. The zero-order valence-electron chi connectivity index (χ0n) is 11.7. The number of carbonyl (C=O) groups is 1. The maximum atomic E-state index is 13.7. The zero-order valence-corrected chi connectivity index (χ0v) is 11.7. The number of amides is 1. The summed E-state index contributed by atoms with van der Waals surface area (Å²) in [4.78, 5) is 13.6. The molecular weight excluding hydrogens is 309 g/mol. The third kappa shape index (κ3) is 2.32. The molecule has 0 N–H and O–H groups in total. The van der Waals surface area contributed by atoms with Crippen molar-refractivity contribution in [1.29, 1.82) is 0 Å². The summed E-state index contributed by atoms with van der Waals surface area (Å²) >= 11 is 0. The number of hydrogen-bond acceptors (Lipinski definition) is 3. The van der Waals surface area contributed by atoms with Crippen LogP contribution >= 0.6 is 0 Å². The second-order valence-corrected chi connectivity index (χ2v) is 4.73. The van der Waals surface area contributed by atoms with Crippen molar-refractivity contribution >= 4 is 17.3 Å². The molecule has 1 aliphatic heterocycles. The Morgan fingerprint density at radius 1 is 0.955 bits per heavy atom. The van der Waals surface area contributed by atoms with Crippen LogP contribution in [0.5, 0.6) is 0 Å². The Morgan fingerprint density at radius 3 is 1.86 bits per heavy atom. The molecule has 1 aromatic rings. The third-order valence-corrected chi connectivity index (χ3v) is 2.85. The number of halogens is 5. The second-order valence-electron chi connectivity index (χ2n) is 4.73. The summed E-state index contributed by atoms with van der Waals surface area (Å²) in [6.45, 7) is 1.37. The van der Waals surface area contributed by atoms with Crippen LogP contribution in [0.4, 0.5) is 27.6 Å². The van der Waals surface area contributed by atoms with Crippen molar-refractivity contribution < 1.29 is 26.7 Å². The molecule has 0 saturated heterocycles. The van der Waals surface area contributed by atoms with E-state index in [1.807, 2.05) is 0 Å². The fourth-order valence-corrected chi connectivity index (χ4v) is 1.86. The van der Waals surface area contributed by atoms with E-state index in [-0.39, 0.29) is 16.3 Å². The molecule has 0 bridgehead atoms. The standard InChI is InChI=1S/C13H10F5N3O/c1-5-6(4-20(2)3)13(22)21(19-5)12-10(17)8(15)7(14)9(16)11(12)18/h4H,1-3H3/b6-4+. The van der Waals surface area contributed by atoms with Gasteiger partial charge >= 0.3 is 0 Å². The van der Waals surface area contributed by atoms with Gasteiger partial charge in [-0.25, -0.2) is 22.0 Å². The molecule has 1 heterocycles.